The highest BCUT2D eigenvalue weighted by Gasteiger charge is 2.49. The fourth-order valence-corrected chi connectivity index (χ4v) is 2.25. The molecule has 0 radical (unpaired) electrons. The van der Waals surface area contributed by atoms with E-state index in [2.05, 4.69) is 19.2 Å². The van der Waals surface area contributed by atoms with E-state index in [1.54, 1.807) is 7.11 Å². The van der Waals surface area contributed by atoms with Crippen molar-refractivity contribution in [3.8, 4) is 0 Å². The predicted octanol–water partition coefficient (Wildman–Crippen LogP) is 1.04. The molecule has 1 amide bonds. The van der Waals surface area contributed by atoms with Crippen molar-refractivity contribution in [1.29, 1.82) is 0 Å². The molecule has 0 aromatic heterocycles. The Hall–Kier alpha value is -0.610. The second-order valence-corrected chi connectivity index (χ2v) is 5.24. The molecule has 4 heteroatoms. The topological polar surface area (TPSA) is 64.4 Å². The van der Waals surface area contributed by atoms with Gasteiger partial charge in [0.2, 0.25) is 5.91 Å². The van der Waals surface area contributed by atoms with Crippen molar-refractivity contribution in [2.75, 3.05) is 7.11 Å². The summed E-state index contributed by atoms with van der Waals surface area (Å²) in [6.45, 7) is 6.25. The Morgan fingerprint density at radius 1 is 1.62 bits per heavy atom. The fraction of sp³-hybridized carbons (Fsp3) is 0.917. The van der Waals surface area contributed by atoms with Crippen molar-refractivity contribution in [2.24, 2.45) is 11.1 Å². The molecule has 1 rings (SSSR count). The van der Waals surface area contributed by atoms with Crippen molar-refractivity contribution in [3.63, 3.8) is 0 Å². The highest BCUT2D eigenvalue weighted by atomic mass is 16.5. The van der Waals surface area contributed by atoms with Crippen LogP contribution in [0.1, 0.15) is 40.0 Å². The van der Waals surface area contributed by atoms with E-state index in [0.29, 0.717) is 0 Å². The van der Waals surface area contributed by atoms with Crippen LogP contribution in [0.3, 0.4) is 0 Å². The lowest BCUT2D eigenvalue weighted by atomic mass is 9.64. The van der Waals surface area contributed by atoms with Crippen molar-refractivity contribution < 1.29 is 9.53 Å². The van der Waals surface area contributed by atoms with Gasteiger partial charge in [-0.3, -0.25) is 4.79 Å². The van der Waals surface area contributed by atoms with Crippen LogP contribution in [0.25, 0.3) is 0 Å². The Kier molecular flexibility index (Phi) is 4.33. The summed E-state index contributed by atoms with van der Waals surface area (Å²) in [4.78, 5) is 11.7. The van der Waals surface area contributed by atoms with Crippen LogP contribution in [0.5, 0.6) is 0 Å². The number of carbonyl (C=O) groups excluding carboxylic acids is 1. The minimum Gasteiger partial charge on any atom is -0.381 e. The molecule has 0 saturated heterocycles. The minimum absolute atomic E-state index is 0.0103. The summed E-state index contributed by atoms with van der Waals surface area (Å²) in [7, 11) is 1.72. The van der Waals surface area contributed by atoms with Gasteiger partial charge in [0.05, 0.1) is 12.1 Å². The Bertz CT molecular complexity index is 253. The number of hydrogen-bond donors (Lipinski definition) is 2. The van der Waals surface area contributed by atoms with Crippen LogP contribution in [-0.2, 0) is 9.53 Å². The molecule has 0 aliphatic heterocycles. The number of ether oxygens (including phenoxy) is 1. The van der Waals surface area contributed by atoms with Gasteiger partial charge in [-0.25, -0.2) is 0 Å². The van der Waals surface area contributed by atoms with Crippen LogP contribution in [0.2, 0.25) is 0 Å². The summed E-state index contributed by atoms with van der Waals surface area (Å²) < 4.78 is 5.34. The van der Waals surface area contributed by atoms with Gasteiger partial charge < -0.3 is 15.8 Å². The van der Waals surface area contributed by atoms with E-state index in [1.165, 1.54) is 0 Å². The van der Waals surface area contributed by atoms with Gasteiger partial charge in [-0.1, -0.05) is 27.2 Å². The third-order valence-corrected chi connectivity index (χ3v) is 3.72. The van der Waals surface area contributed by atoms with Crippen LogP contribution >= 0.6 is 0 Å². The molecule has 0 aromatic rings. The molecule has 1 aliphatic carbocycles. The number of nitrogens with two attached hydrogens (primary N) is 1. The van der Waals surface area contributed by atoms with Gasteiger partial charge in [-0.05, 0) is 12.8 Å². The summed E-state index contributed by atoms with van der Waals surface area (Å²) in [5.41, 5.74) is 5.78. The first kappa shape index (κ1) is 13.5. The van der Waals surface area contributed by atoms with E-state index in [1.807, 2.05) is 6.92 Å². The molecule has 3 unspecified atom stereocenters. The SMILES string of the molecule is CCCC(N)C(=O)NC1CC(OC)C1(C)C. The van der Waals surface area contributed by atoms with Gasteiger partial charge in [0.1, 0.15) is 0 Å². The molecule has 94 valence electrons. The maximum Gasteiger partial charge on any atom is 0.237 e. The number of amides is 1. The lowest BCUT2D eigenvalue weighted by Gasteiger charge is -2.51. The average molecular weight is 228 g/mol. The number of carbonyl (C=O) groups is 1. The van der Waals surface area contributed by atoms with Gasteiger partial charge in [0, 0.05) is 18.6 Å². The van der Waals surface area contributed by atoms with Gasteiger partial charge >= 0.3 is 0 Å². The zero-order valence-corrected chi connectivity index (χ0v) is 10.7. The smallest absolute Gasteiger partial charge is 0.237 e. The molecule has 0 spiro atoms. The van der Waals surface area contributed by atoms with E-state index in [0.717, 1.165) is 19.3 Å². The molecular weight excluding hydrogens is 204 g/mol. The molecule has 3 N–H and O–H groups in total. The monoisotopic (exact) mass is 228 g/mol. The van der Waals surface area contributed by atoms with Crippen molar-refractivity contribution in [3.05, 3.63) is 0 Å². The van der Waals surface area contributed by atoms with Crippen LogP contribution in [0.4, 0.5) is 0 Å². The normalized spacial score (nSPS) is 29.3. The number of rotatable bonds is 5. The van der Waals surface area contributed by atoms with Crippen LogP contribution < -0.4 is 11.1 Å². The molecule has 1 fully saturated rings. The summed E-state index contributed by atoms with van der Waals surface area (Å²) in [5.74, 6) is -0.0329. The van der Waals surface area contributed by atoms with E-state index < -0.39 is 0 Å². The average Bonchev–Trinajstić information content (AvgIpc) is 2.23. The van der Waals surface area contributed by atoms with Crippen LogP contribution in [0.15, 0.2) is 0 Å². The first-order valence-corrected chi connectivity index (χ1v) is 6.02. The number of nitrogens with one attached hydrogen (secondary N) is 1. The summed E-state index contributed by atoms with van der Waals surface area (Å²) in [6, 6.07) is -0.185. The predicted molar refractivity (Wildman–Crippen MR) is 64.0 cm³/mol. The van der Waals surface area contributed by atoms with E-state index in [4.69, 9.17) is 10.5 Å². The molecule has 16 heavy (non-hydrogen) atoms. The molecule has 3 atom stereocenters. The van der Waals surface area contributed by atoms with E-state index >= 15 is 0 Å². The summed E-state index contributed by atoms with van der Waals surface area (Å²) in [6.07, 6.45) is 2.80. The third kappa shape index (κ3) is 2.55. The highest BCUT2D eigenvalue weighted by Crippen LogP contribution is 2.42. The van der Waals surface area contributed by atoms with Gasteiger partial charge in [-0.15, -0.1) is 0 Å². The van der Waals surface area contributed by atoms with Crippen LogP contribution in [0, 0.1) is 5.41 Å². The first-order valence-electron chi connectivity index (χ1n) is 6.02. The molecule has 4 nitrogen and oxygen atoms in total. The van der Waals surface area contributed by atoms with Crippen molar-refractivity contribution in [1.82, 2.24) is 5.32 Å². The second-order valence-electron chi connectivity index (χ2n) is 5.24. The van der Waals surface area contributed by atoms with E-state index in [9.17, 15) is 4.79 Å². The molecular formula is C12H24N2O2. The first-order chi connectivity index (χ1) is 7.43. The zero-order chi connectivity index (χ0) is 12.3. The van der Waals surface area contributed by atoms with Crippen molar-refractivity contribution in [2.45, 2.75) is 58.2 Å². The Morgan fingerprint density at radius 3 is 2.69 bits per heavy atom. The maximum absolute atomic E-state index is 11.7. The Labute approximate surface area is 97.9 Å². The Balaban J connectivity index is 2.42. The minimum atomic E-state index is -0.373. The van der Waals surface area contributed by atoms with Gasteiger partial charge in [-0.2, -0.15) is 0 Å². The second kappa shape index (κ2) is 5.15. The Morgan fingerprint density at radius 2 is 2.25 bits per heavy atom. The quantitative estimate of drug-likeness (QED) is 0.739. The van der Waals surface area contributed by atoms with Crippen LogP contribution in [-0.4, -0.2) is 31.2 Å². The molecule has 1 aliphatic rings. The zero-order valence-electron chi connectivity index (χ0n) is 10.7. The number of hydrogen-bond acceptors (Lipinski definition) is 3. The molecule has 1 saturated carbocycles. The number of methoxy groups -OCH3 is 1. The molecule has 0 aromatic carbocycles. The van der Waals surface area contributed by atoms with E-state index in [-0.39, 0.29) is 29.5 Å². The summed E-state index contributed by atoms with van der Waals surface area (Å²) >= 11 is 0. The molecule has 0 heterocycles. The fourth-order valence-electron chi connectivity index (χ4n) is 2.25. The lowest BCUT2D eigenvalue weighted by molar-refractivity contribution is -0.133. The standard InChI is InChI=1S/C12H24N2O2/c1-5-6-8(13)11(15)14-9-7-10(16-4)12(9,2)3/h8-10H,5-7,13H2,1-4H3,(H,14,15). The largest absolute Gasteiger partial charge is 0.381 e. The van der Waals surface area contributed by atoms with Crippen molar-refractivity contribution >= 4 is 5.91 Å². The van der Waals surface area contributed by atoms with Gasteiger partial charge in [0.25, 0.3) is 0 Å². The van der Waals surface area contributed by atoms with Gasteiger partial charge in [0.15, 0.2) is 0 Å². The lowest BCUT2D eigenvalue weighted by Crippen LogP contribution is -2.63. The summed E-state index contributed by atoms with van der Waals surface area (Å²) in [5, 5.41) is 3.01. The maximum atomic E-state index is 11.7. The highest BCUT2D eigenvalue weighted by molar-refractivity contribution is 5.81. The third-order valence-electron chi connectivity index (χ3n) is 3.72. The molecule has 0 bridgehead atoms.